The lowest BCUT2D eigenvalue weighted by Gasteiger charge is -2.11. The Morgan fingerprint density at radius 3 is 2.85 bits per heavy atom. The molecule has 0 bridgehead atoms. The molecule has 102 valence electrons. The summed E-state index contributed by atoms with van der Waals surface area (Å²) in [6.07, 6.45) is 1.42. The highest BCUT2D eigenvalue weighted by atomic mass is 79.9. The minimum absolute atomic E-state index is 0.191. The molecule has 2 aromatic rings. The maximum atomic E-state index is 8.54. The van der Waals surface area contributed by atoms with Crippen molar-refractivity contribution in [3.8, 4) is 11.8 Å². The first-order valence-electron chi connectivity index (χ1n) is 5.76. The highest BCUT2D eigenvalue weighted by molar-refractivity contribution is 9.10. The Kier molecular flexibility index (Phi) is 4.74. The van der Waals surface area contributed by atoms with Crippen LogP contribution in [0.4, 0.5) is 17.3 Å². The van der Waals surface area contributed by atoms with E-state index in [9.17, 15) is 0 Å². The third-order valence-corrected chi connectivity index (χ3v) is 2.93. The van der Waals surface area contributed by atoms with Crippen LogP contribution >= 0.6 is 15.9 Å². The fourth-order valence-corrected chi connectivity index (χ4v) is 1.93. The van der Waals surface area contributed by atoms with E-state index in [-0.39, 0.29) is 6.54 Å². The first-order valence-corrected chi connectivity index (χ1v) is 6.55. The van der Waals surface area contributed by atoms with Gasteiger partial charge < -0.3 is 15.4 Å². The van der Waals surface area contributed by atoms with Gasteiger partial charge in [0.05, 0.1) is 18.9 Å². The Bertz CT molecular complexity index is 641. The van der Waals surface area contributed by atoms with Gasteiger partial charge in [-0.3, -0.25) is 0 Å². The van der Waals surface area contributed by atoms with Gasteiger partial charge in [-0.2, -0.15) is 5.26 Å². The highest BCUT2D eigenvalue weighted by Gasteiger charge is 2.05. The molecule has 0 amide bonds. The van der Waals surface area contributed by atoms with Crippen LogP contribution in [-0.2, 0) is 0 Å². The lowest BCUT2D eigenvalue weighted by atomic mass is 10.3. The van der Waals surface area contributed by atoms with Crippen molar-refractivity contribution in [3.63, 3.8) is 0 Å². The normalized spacial score (nSPS) is 9.65. The Balaban J connectivity index is 2.21. The fraction of sp³-hybridized carbons (Fsp3) is 0.154. The number of anilines is 3. The maximum Gasteiger partial charge on any atom is 0.142 e. The van der Waals surface area contributed by atoms with E-state index in [0.717, 1.165) is 10.2 Å². The Labute approximate surface area is 124 Å². The van der Waals surface area contributed by atoms with Crippen molar-refractivity contribution in [2.45, 2.75) is 0 Å². The molecule has 0 atom stereocenters. The average Bonchev–Trinajstić information content (AvgIpc) is 2.46. The molecule has 0 aliphatic heterocycles. The highest BCUT2D eigenvalue weighted by Crippen LogP contribution is 2.30. The molecule has 0 spiro atoms. The summed E-state index contributed by atoms with van der Waals surface area (Å²) in [6, 6.07) is 9.35. The minimum Gasteiger partial charge on any atom is -0.495 e. The molecule has 1 aromatic carbocycles. The number of methoxy groups -OCH3 is 1. The predicted octanol–water partition coefficient (Wildman–Crippen LogP) is 2.93. The number of hydrogen-bond acceptors (Lipinski definition) is 6. The van der Waals surface area contributed by atoms with Crippen LogP contribution in [0.1, 0.15) is 0 Å². The van der Waals surface area contributed by atoms with Gasteiger partial charge in [-0.1, -0.05) is 15.9 Å². The predicted molar refractivity (Wildman–Crippen MR) is 80.1 cm³/mol. The molecule has 0 unspecified atom stereocenters. The largest absolute Gasteiger partial charge is 0.495 e. The zero-order valence-corrected chi connectivity index (χ0v) is 12.3. The number of nitriles is 1. The smallest absolute Gasteiger partial charge is 0.142 e. The molecule has 2 rings (SSSR count). The number of rotatable bonds is 5. The summed E-state index contributed by atoms with van der Waals surface area (Å²) < 4.78 is 6.21. The van der Waals surface area contributed by atoms with Gasteiger partial charge in [-0.15, -0.1) is 0 Å². The monoisotopic (exact) mass is 333 g/mol. The maximum absolute atomic E-state index is 8.54. The van der Waals surface area contributed by atoms with Gasteiger partial charge in [-0.25, -0.2) is 9.97 Å². The van der Waals surface area contributed by atoms with E-state index in [1.807, 2.05) is 24.3 Å². The average molecular weight is 334 g/mol. The van der Waals surface area contributed by atoms with Crippen molar-refractivity contribution in [2.24, 2.45) is 0 Å². The van der Waals surface area contributed by atoms with Crippen molar-refractivity contribution in [1.29, 1.82) is 5.26 Å². The molecular weight excluding hydrogens is 322 g/mol. The molecule has 0 saturated heterocycles. The van der Waals surface area contributed by atoms with E-state index < -0.39 is 0 Å². The molecule has 1 heterocycles. The second kappa shape index (κ2) is 6.73. The number of nitrogens with zero attached hydrogens (tertiary/aromatic N) is 3. The Hall–Kier alpha value is -2.33. The Morgan fingerprint density at radius 2 is 2.10 bits per heavy atom. The van der Waals surface area contributed by atoms with Crippen molar-refractivity contribution in [2.75, 3.05) is 24.3 Å². The van der Waals surface area contributed by atoms with E-state index in [2.05, 4.69) is 36.5 Å². The number of aromatic nitrogens is 2. The molecule has 0 saturated carbocycles. The van der Waals surface area contributed by atoms with Crippen LogP contribution < -0.4 is 15.4 Å². The minimum atomic E-state index is 0.191. The zero-order chi connectivity index (χ0) is 14.4. The number of ether oxygens (including phenoxy) is 1. The van der Waals surface area contributed by atoms with Crippen molar-refractivity contribution >= 4 is 33.3 Å². The number of halogens is 1. The second-order valence-electron chi connectivity index (χ2n) is 3.77. The van der Waals surface area contributed by atoms with E-state index in [1.165, 1.54) is 6.33 Å². The summed E-state index contributed by atoms with van der Waals surface area (Å²) in [4.78, 5) is 8.16. The van der Waals surface area contributed by atoms with Crippen LogP contribution in [-0.4, -0.2) is 23.6 Å². The van der Waals surface area contributed by atoms with E-state index >= 15 is 0 Å². The number of benzene rings is 1. The molecule has 0 aliphatic rings. The zero-order valence-electron chi connectivity index (χ0n) is 10.7. The van der Waals surface area contributed by atoms with Crippen molar-refractivity contribution in [1.82, 2.24) is 9.97 Å². The molecule has 7 heteroatoms. The van der Waals surface area contributed by atoms with Crippen LogP contribution in [0.15, 0.2) is 35.1 Å². The molecule has 0 fully saturated rings. The fourth-order valence-electron chi connectivity index (χ4n) is 1.57. The van der Waals surface area contributed by atoms with Crippen LogP contribution in [0.25, 0.3) is 0 Å². The summed E-state index contributed by atoms with van der Waals surface area (Å²) in [5.41, 5.74) is 0.784. The molecular formula is C13H12BrN5O. The molecule has 20 heavy (non-hydrogen) atoms. The SMILES string of the molecule is COc1ccc(Br)cc1Nc1cc(NCC#N)ncn1. The van der Waals surface area contributed by atoms with Crippen LogP contribution in [0.5, 0.6) is 5.75 Å². The topological polar surface area (TPSA) is 82.9 Å². The molecule has 2 N–H and O–H groups in total. The summed E-state index contributed by atoms with van der Waals surface area (Å²) in [5.74, 6) is 1.90. The van der Waals surface area contributed by atoms with Gasteiger partial charge in [0.15, 0.2) is 0 Å². The van der Waals surface area contributed by atoms with Crippen LogP contribution in [0.2, 0.25) is 0 Å². The second-order valence-corrected chi connectivity index (χ2v) is 4.69. The quantitative estimate of drug-likeness (QED) is 0.818. The standard InChI is InChI=1S/C13H12BrN5O/c1-20-11-3-2-9(14)6-10(11)19-13-7-12(16-5-4-15)17-8-18-13/h2-3,6-8H,5H2,1H3,(H2,16,17,18,19). The van der Waals surface area contributed by atoms with E-state index in [0.29, 0.717) is 17.4 Å². The van der Waals surface area contributed by atoms with Crippen LogP contribution in [0, 0.1) is 11.3 Å². The van der Waals surface area contributed by atoms with E-state index in [1.54, 1.807) is 13.2 Å². The third-order valence-electron chi connectivity index (χ3n) is 2.44. The van der Waals surface area contributed by atoms with Gasteiger partial charge in [-0.05, 0) is 18.2 Å². The van der Waals surface area contributed by atoms with Gasteiger partial charge in [0.1, 0.15) is 30.3 Å². The lowest BCUT2D eigenvalue weighted by Crippen LogP contribution is -2.03. The first-order chi connectivity index (χ1) is 9.72. The summed E-state index contributed by atoms with van der Waals surface area (Å²) >= 11 is 3.41. The number of nitrogens with one attached hydrogen (secondary N) is 2. The van der Waals surface area contributed by atoms with Gasteiger partial charge >= 0.3 is 0 Å². The van der Waals surface area contributed by atoms with E-state index in [4.69, 9.17) is 10.00 Å². The first kappa shape index (κ1) is 14.1. The number of hydrogen-bond donors (Lipinski definition) is 2. The Morgan fingerprint density at radius 1 is 1.30 bits per heavy atom. The third kappa shape index (κ3) is 3.59. The summed E-state index contributed by atoms with van der Waals surface area (Å²) in [5, 5.41) is 14.6. The van der Waals surface area contributed by atoms with Crippen molar-refractivity contribution in [3.05, 3.63) is 35.1 Å². The van der Waals surface area contributed by atoms with Gasteiger partial charge in [0.25, 0.3) is 0 Å². The molecule has 0 radical (unpaired) electrons. The van der Waals surface area contributed by atoms with Crippen LogP contribution in [0.3, 0.4) is 0 Å². The van der Waals surface area contributed by atoms with Gasteiger partial charge in [0, 0.05) is 10.5 Å². The molecule has 0 aliphatic carbocycles. The lowest BCUT2D eigenvalue weighted by molar-refractivity contribution is 0.416. The molecule has 1 aromatic heterocycles. The van der Waals surface area contributed by atoms with Gasteiger partial charge in [0.2, 0.25) is 0 Å². The summed E-state index contributed by atoms with van der Waals surface area (Å²) in [7, 11) is 1.61. The van der Waals surface area contributed by atoms with Crippen molar-refractivity contribution < 1.29 is 4.74 Å². The molecule has 6 nitrogen and oxygen atoms in total. The summed E-state index contributed by atoms with van der Waals surface area (Å²) in [6.45, 7) is 0.191.